The third-order valence-corrected chi connectivity index (χ3v) is 4.57. The predicted molar refractivity (Wildman–Crippen MR) is 111 cm³/mol. The van der Waals surface area contributed by atoms with Crippen LogP contribution < -0.4 is 4.90 Å². The van der Waals surface area contributed by atoms with E-state index in [4.69, 9.17) is 16.3 Å². The van der Waals surface area contributed by atoms with E-state index in [0.29, 0.717) is 21.7 Å². The molecule has 5 heteroatoms. The molecular weight excluding hydrogens is 374 g/mol. The summed E-state index contributed by atoms with van der Waals surface area (Å²) in [6, 6.07) is 22.5. The molecule has 28 heavy (non-hydrogen) atoms. The van der Waals surface area contributed by atoms with Crippen LogP contribution in [-0.2, 0) is 4.74 Å². The average Bonchev–Trinajstić information content (AvgIpc) is 2.73. The highest BCUT2D eigenvalue weighted by molar-refractivity contribution is 6.30. The van der Waals surface area contributed by atoms with Gasteiger partial charge in [-0.15, -0.1) is 0 Å². The van der Waals surface area contributed by atoms with Gasteiger partial charge in [-0.1, -0.05) is 54.1 Å². The van der Waals surface area contributed by atoms with Crippen LogP contribution in [0.1, 0.15) is 32.4 Å². The van der Waals surface area contributed by atoms with Gasteiger partial charge in [-0.05, 0) is 36.4 Å². The van der Waals surface area contributed by atoms with E-state index in [2.05, 4.69) is 0 Å². The zero-order chi connectivity index (χ0) is 20.1. The number of carbonyl (C=O) groups is 2. The fourth-order valence-electron chi connectivity index (χ4n) is 2.74. The number of benzene rings is 3. The second kappa shape index (κ2) is 8.72. The first kappa shape index (κ1) is 19.6. The number of Topliss-reactive ketones (excluding diaryl/α,β-unsaturated/α-hetero) is 1. The van der Waals surface area contributed by atoms with Crippen LogP contribution in [0.25, 0.3) is 0 Å². The number of ketones is 1. The zero-order valence-electron chi connectivity index (χ0n) is 15.6. The van der Waals surface area contributed by atoms with Crippen molar-refractivity contribution in [2.75, 3.05) is 19.0 Å². The largest absolute Gasteiger partial charge is 0.445 e. The lowest BCUT2D eigenvalue weighted by atomic mass is 9.99. The maximum absolute atomic E-state index is 13.0. The van der Waals surface area contributed by atoms with Gasteiger partial charge < -0.3 is 9.64 Å². The van der Waals surface area contributed by atoms with Crippen LogP contribution >= 0.6 is 11.6 Å². The topological polar surface area (TPSA) is 46.6 Å². The molecule has 0 saturated carbocycles. The van der Waals surface area contributed by atoms with Crippen molar-refractivity contribution in [2.24, 2.45) is 0 Å². The van der Waals surface area contributed by atoms with E-state index in [9.17, 15) is 9.59 Å². The summed E-state index contributed by atoms with van der Waals surface area (Å²) in [5.41, 5.74) is 2.38. The SMILES string of the molecule is CN(C)c1ccc(C(=O)O[C@H](C(=O)c2ccccc2)c2ccc(Cl)cc2)cc1. The lowest BCUT2D eigenvalue weighted by Crippen LogP contribution is -2.20. The average molecular weight is 394 g/mol. The van der Waals surface area contributed by atoms with E-state index in [-0.39, 0.29) is 5.78 Å². The van der Waals surface area contributed by atoms with Crippen molar-refractivity contribution in [3.8, 4) is 0 Å². The Morgan fingerprint density at radius 3 is 2.00 bits per heavy atom. The molecule has 3 aromatic carbocycles. The first-order chi connectivity index (χ1) is 13.5. The minimum atomic E-state index is -1.05. The van der Waals surface area contributed by atoms with Gasteiger partial charge in [0.15, 0.2) is 6.10 Å². The Hall–Kier alpha value is -3.11. The van der Waals surface area contributed by atoms with Crippen LogP contribution in [0.2, 0.25) is 5.02 Å². The van der Waals surface area contributed by atoms with Crippen molar-refractivity contribution in [3.05, 3.63) is 101 Å². The highest BCUT2D eigenvalue weighted by atomic mass is 35.5. The Morgan fingerprint density at radius 2 is 1.43 bits per heavy atom. The van der Waals surface area contributed by atoms with Crippen LogP contribution in [0.3, 0.4) is 0 Å². The summed E-state index contributed by atoms with van der Waals surface area (Å²) in [4.78, 5) is 27.7. The molecule has 0 radical (unpaired) electrons. The van der Waals surface area contributed by atoms with E-state index in [1.54, 1.807) is 60.7 Å². The molecule has 0 fully saturated rings. The third kappa shape index (κ3) is 4.59. The number of ether oxygens (including phenoxy) is 1. The lowest BCUT2D eigenvalue weighted by molar-refractivity contribution is 0.0280. The quantitative estimate of drug-likeness (QED) is 0.427. The van der Waals surface area contributed by atoms with E-state index < -0.39 is 12.1 Å². The van der Waals surface area contributed by atoms with Gasteiger partial charge in [-0.25, -0.2) is 4.79 Å². The molecule has 1 atom stereocenters. The Balaban J connectivity index is 1.89. The van der Waals surface area contributed by atoms with Crippen molar-refractivity contribution in [1.82, 2.24) is 0 Å². The van der Waals surface area contributed by atoms with Crippen LogP contribution in [0, 0.1) is 0 Å². The van der Waals surface area contributed by atoms with Crippen molar-refractivity contribution in [2.45, 2.75) is 6.10 Å². The van der Waals surface area contributed by atoms with Crippen molar-refractivity contribution in [1.29, 1.82) is 0 Å². The molecule has 0 unspecified atom stereocenters. The summed E-state index contributed by atoms with van der Waals surface area (Å²) in [5, 5.41) is 0.542. The maximum atomic E-state index is 13.0. The molecule has 0 spiro atoms. The Kier molecular flexibility index (Phi) is 6.12. The zero-order valence-corrected chi connectivity index (χ0v) is 16.4. The van der Waals surface area contributed by atoms with E-state index in [0.717, 1.165) is 5.69 Å². The van der Waals surface area contributed by atoms with Gasteiger partial charge in [0.1, 0.15) is 0 Å². The molecule has 0 amide bonds. The van der Waals surface area contributed by atoms with Crippen molar-refractivity contribution >= 4 is 29.0 Å². The minimum Gasteiger partial charge on any atom is -0.445 e. The third-order valence-electron chi connectivity index (χ3n) is 4.31. The second-order valence-corrected chi connectivity index (χ2v) is 6.94. The maximum Gasteiger partial charge on any atom is 0.339 e. The normalized spacial score (nSPS) is 11.5. The number of anilines is 1. The molecule has 0 aliphatic rings. The number of hydrogen-bond acceptors (Lipinski definition) is 4. The summed E-state index contributed by atoms with van der Waals surface area (Å²) < 4.78 is 5.63. The number of hydrogen-bond donors (Lipinski definition) is 0. The van der Waals surface area contributed by atoms with Gasteiger partial charge in [0.05, 0.1) is 5.56 Å². The number of esters is 1. The molecule has 0 heterocycles. The fourth-order valence-corrected chi connectivity index (χ4v) is 2.86. The molecule has 0 saturated heterocycles. The Labute approximate surface area is 169 Å². The van der Waals surface area contributed by atoms with E-state index >= 15 is 0 Å². The highest BCUT2D eigenvalue weighted by Gasteiger charge is 2.26. The smallest absolute Gasteiger partial charge is 0.339 e. The van der Waals surface area contributed by atoms with E-state index in [1.165, 1.54) is 0 Å². The van der Waals surface area contributed by atoms with Crippen LogP contribution in [0.5, 0.6) is 0 Å². The first-order valence-corrected chi connectivity index (χ1v) is 9.16. The predicted octanol–water partition coefficient (Wildman–Crippen LogP) is 5.19. The van der Waals surface area contributed by atoms with Gasteiger partial charge in [0.2, 0.25) is 5.78 Å². The van der Waals surface area contributed by atoms with Gasteiger partial charge in [0.25, 0.3) is 0 Å². The number of rotatable bonds is 6. The molecule has 0 aliphatic carbocycles. The van der Waals surface area contributed by atoms with Gasteiger partial charge in [0, 0.05) is 35.9 Å². The van der Waals surface area contributed by atoms with E-state index in [1.807, 2.05) is 37.2 Å². The van der Waals surface area contributed by atoms with Crippen LogP contribution in [-0.4, -0.2) is 25.8 Å². The molecule has 4 nitrogen and oxygen atoms in total. The molecular formula is C23H20ClNO3. The van der Waals surface area contributed by atoms with Gasteiger partial charge in [-0.2, -0.15) is 0 Å². The molecule has 3 aromatic rings. The summed E-state index contributed by atoms with van der Waals surface area (Å²) in [7, 11) is 3.84. The summed E-state index contributed by atoms with van der Waals surface area (Å²) in [6.45, 7) is 0. The summed E-state index contributed by atoms with van der Waals surface area (Å²) in [5.74, 6) is -0.851. The lowest BCUT2D eigenvalue weighted by Gasteiger charge is -2.18. The van der Waals surface area contributed by atoms with Crippen molar-refractivity contribution in [3.63, 3.8) is 0 Å². The Bertz CT molecular complexity index is 951. The minimum absolute atomic E-state index is 0.291. The summed E-state index contributed by atoms with van der Waals surface area (Å²) >= 11 is 5.96. The van der Waals surface area contributed by atoms with Gasteiger partial charge in [-0.3, -0.25) is 4.79 Å². The highest BCUT2D eigenvalue weighted by Crippen LogP contribution is 2.26. The summed E-state index contributed by atoms with van der Waals surface area (Å²) in [6.07, 6.45) is -1.05. The second-order valence-electron chi connectivity index (χ2n) is 6.51. The van der Waals surface area contributed by atoms with Crippen molar-refractivity contribution < 1.29 is 14.3 Å². The molecule has 0 aliphatic heterocycles. The number of nitrogens with zero attached hydrogens (tertiary/aromatic N) is 1. The monoisotopic (exact) mass is 393 g/mol. The molecule has 0 bridgehead atoms. The number of halogens is 1. The fraction of sp³-hybridized carbons (Fsp3) is 0.130. The van der Waals surface area contributed by atoms with Gasteiger partial charge >= 0.3 is 5.97 Å². The first-order valence-electron chi connectivity index (χ1n) is 8.79. The standard InChI is InChI=1S/C23H20ClNO3/c1-25(2)20-14-10-18(11-15-20)23(27)28-22(17-8-12-19(24)13-9-17)21(26)16-6-4-3-5-7-16/h3-15,22H,1-2H3/t22-/m0/s1. The number of carbonyl (C=O) groups excluding carboxylic acids is 2. The molecule has 0 N–H and O–H groups in total. The van der Waals surface area contributed by atoms with Crippen LogP contribution in [0.15, 0.2) is 78.9 Å². The van der Waals surface area contributed by atoms with Crippen LogP contribution in [0.4, 0.5) is 5.69 Å². The molecule has 142 valence electrons. The molecule has 0 aromatic heterocycles. The Morgan fingerprint density at radius 1 is 0.821 bits per heavy atom. The molecule has 3 rings (SSSR count).